The van der Waals surface area contributed by atoms with Crippen LogP contribution in [-0.2, 0) is 0 Å². The number of hydrogen-bond acceptors (Lipinski definition) is 4. The van der Waals surface area contributed by atoms with E-state index in [4.69, 9.17) is 9.47 Å². The second kappa shape index (κ2) is 16.8. The van der Waals surface area contributed by atoms with Gasteiger partial charge in [-0.05, 0) is 54.3 Å². The third-order valence-corrected chi connectivity index (χ3v) is 6.85. The standard InChI is InChI=1S/C33H45FN2O2/c1-4-5-6-7-8-9-10-11-12-13-22-37-30-20-16-28(17-21-30)33-35-23-29(24-36-33)27-14-18-31(19-15-27)38-25-32(34)26(2)3/h14-21,23-24,26,32H,4-13,22,25H2,1-3H3. The summed E-state index contributed by atoms with van der Waals surface area (Å²) < 4.78 is 25.2. The first-order valence-corrected chi connectivity index (χ1v) is 14.5. The summed E-state index contributed by atoms with van der Waals surface area (Å²) in [5.41, 5.74) is 2.86. The highest BCUT2D eigenvalue weighted by molar-refractivity contribution is 5.64. The second-order valence-electron chi connectivity index (χ2n) is 10.4. The van der Waals surface area contributed by atoms with Crippen molar-refractivity contribution in [2.45, 2.75) is 91.2 Å². The van der Waals surface area contributed by atoms with Crippen LogP contribution in [0.2, 0.25) is 0 Å². The molecule has 0 bridgehead atoms. The monoisotopic (exact) mass is 520 g/mol. The van der Waals surface area contributed by atoms with Gasteiger partial charge in [-0.25, -0.2) is 14.4 Å². The first-order valence-electron chi connectivity index (χ1n) is 14.5. The summed E-state index contributed by atoms with van der Waals surface area (Å²) >= 11 is 0. The molecule has 4 nitrogen and oxygen atoms in total. The molecule has 0 aliphatic rings. The molecule has 1 unspecified atom stereocenters. The van der Waals surface area contributed by atoms with E-state index in [1.54, 1.807) is 0 Å². The summed E-state index contributed by atoms with van der Waals surface area (Å²) in [6, 6.07) is 15.6. The van der Waals surface area contributed by atoms with Crippen LogP contribution in [0.5, 0.6) is 11.5 Å². The van der Waals surface area contributed by atoms with Gasteiger partial charge in [-0.1, -0.05) is 90.7 Å². The van der Waals surface area contributed by atoms with E-state index in [1.165, 1.54) is 57.8 Å². The number of unbranched alkanes of at least 4 members (excludes halogenated alkanes) is 9. The van der Waals surface area contributed by atoms with E-state index in [1.807, 2.05) is 74.8 Å². The zero-order chi connectivity index (χ0) is 27.0. The summed E-state index contributed by atoms with van der Waals surface area (Å²) in [7, 11) is 0. The molecule has 0 saturated carbocycles. The Balaban J connectivity index is 1.37. The van der Waals surface area contributed by atoms with E-state index in [9.17, 15) is 4.39 Å². The Hall–Kier alpha value is -2.95. The molecule has 3 aromatic rings. The molecule has 0 amide bonds. The third-order valence-electron chi connectivity index (χ3n) is 6.85. The van der Waals surface area contributed by atoms with Gasteiger partial charge in [0, 0.05) is 23.5 Å². The van der Waals surface area contributed by atoms with E-state index in [0.717, 1.165) is 35.5 Å². The van der Waals surface area contributed by atoms with Crippen LogP contribution in [0.3, 0.4) is 0 Å². The minimum Gasteiger partial charge on any atom is -0.494 e. The lowest BCUT2D eigenvalue weighted by atomic mass is 10.1. The molecule has 38 heavy (non-hydrogen) atoms. The van der Waals surface area contributed by atoms with Crippen LogP contribution in [-0.4, -0.2) is 29.4 Å². The van der Waals surface area contributed by atoms with Crippen LogP contribution in [0.1, 0.15) is 85.0 Å². The first-order chi connectivity index (χ1) is 18.6. The van der Waals surface area contributed by atoms with Gasteiger partial charge in [0.2, 0.25) is 0 Å². The number of rotatable bonds is 18. The number of hydrogen-bond donors (Lipinski definition) is 0. The largest absolute Gasteiger partial charge is 0.494 e. The molecule has 0 aliphatic heterocycles. The molecule has 2 aromatic carbocycles. The summed E-state index contributed by atoms with van der Waals surface area (Å²) in [6.07, 6.45) is 15.9. The average molecular weight is 521 g/mol. The Morgan fingerprint density at radius 3 is 1.68 bits per heavy atom. The number of alkyl halides is 1. The highest BCUT2D eigenvalue weighted by Crippen LogP contribution is 2.24. The Morgan fingerprint density at radius 2 is 1.13 bits per heavy atom. The molecule has 0 radical (unpaired) electrons. The van der Waals surface area contributed by atoms with Crippen molar-refractivity contribution < 1.29 is 13.9 Å². The summed E-state index contributed by atoms with van der Waals surface area (Å²) in [5.74, 6) is 2.17. The van der Waals surface area contributed by atoms with Crippen molar-refractivity contribution in [1.29, 1.82) is 0 Å². The molecule has 206 valence electrons. The first kappa shape index (κ1) is 29.6. The van der Waals surface area contributed by atoms with Crippen LogP contribution in [0.4, 0.5) is 4.39 Å². The minimum atomic E-state index is -0.971. The lowest BCUT2D eigenvalue weighted by Gasteiger charge is -2.13. The van der Waals surface area contributed by atoms with Crippen LogP contribution < -0.4 is 9.47 Å². The molecule has 1 atom stereocenters. The fourth-order valence-corrected chi connectivity index (χ4v) is 4.22. The smallest absolute Gasteiger partial charge is 0.159 e. The normalized spacial score (nSPS) is 12.0. The van der Waals surface area contributed by atoms with Crippen LogP contribution in [0.25, 0.3) is 22.5 Å². The molecule has 0 fully saturated rings. The highest BCUT2D eigenvalue weighted by Gasteiger charge is 2.12. The van der Waals surface area contributed by atoms with Crippen molar-refractivity contribution in [1.82, 2.24) is 9.97 Å². The molecular weight excluding hydrogens is 475 g/mol. The Bertz CT molecular complexity index is 1020. The van der Waals surface area contributed by atoms with Crippen LogP contribution in [0.15, 0.2) is 60.9 Å². The predicted octanol–water partition coefficient (Wildman–Crippen LogP) is 9.48. The van der Waals surface area contributed by atoms with Gasteiger partial charge in [0.05, 0.1) is 6.61 Å². The van der Waals surface area contributed by atoms with E-state index in [2.05, 4.69) is 16.9 Å². The zero-order valence-corrected chi connectivity index (χ0v) is 23.5. The van der Waals surface area contributed by atoms with Gasteiger partial charge < -0.3 is 9.47 Å². The highest BCUT2D eigenvalue weighted by atomic mass is 19.1. The number of nitrogens with zero attached hydrogens (tertiary/aromatic N) is 2. The quantitative estimate of drug-likeness (QED) is 0.157. The van der Waals surface area contributed by atoms with Crippen molar-refractivity contribution in [3.05, 3.63) is 60.9 Å². The zero-order valence-electron chi connectivity index (χ0n) is 23.5. The van der Waals surface area contributed by atoms with Gasteiger partial charge in [-0.15, -0.1) is 0 Å². The molecule has 0 N–H and O–H groups in total. The number of ether oxygens (including phenoxy) is 2. The van der Waals surface area contributed by atoms with E-state index in [-0.39, 0.29) is 12.5 Å². The SMILES string of the molecule is CCCCCCCCCCCCOc1ccc(-c2ncc(-c3ccc(OCC(F)C(C)C)cc3)cn2)cc1. The lowest BCUT2D eigenvalue weighted by molar-refractivity contribution is 0.155. The molecule has 0 aliphatic carbocycles. The fraction of sp³-hybridized carbons (Fsp3) is 0.515. The van der Waals surface area contributed by atoms with E-state index >= 15 is 0 Å². The van der Waals surface area contributed by atoms with Gasteiger partial charge in [0.25, 0.3) is 0 Å². The van der Waals surface area contributed by atoms with Crippen molar-refractivity contribution >= 4 is 0 Å². The van der Waals surface area contributed by atoms with Crippen LogP contribution >= 0.6 is 0 Å². The maximum Gasteiger partial charge on any atom is 0.159 e. The Labute approximate surface area is 229 Å². The van der Waals surface area contributed by atoms with Gasteiger partial charge in [-0.2, -0.15) is 0 Å². The lowest BCUT2D eigenvalue weighted by Crippen LogP contribution is -2.18. The van der Waals surface area contributed by atoms with E-state index < -0.39 is 6.17 Å². The summed E-state index contributed by atoms with van der Waals surface area (Å²) in [5, 5.41) is 0. The van der Waals surface area contributed by atoms with Crippen molar-refractivity contribution in [3.8, 4) is 34.0 Å². The number of benzene rings is 2. The number of halogens is 1. The van der Waals surface area contributed by atoms with Gasteiger partial charge in [-0.3, -0.25) is 0 Å². The maximum absolute atomic E-state index is 13.8. The van der Waals surface area contributed by atoms with Crippen LogP contribution in [0, 0.1) is 5.92 Å². The van der Waals surface area contributed by atoms with Crippen molar-refractivity contribution in [2.24, 2.45) is 5.92 Å². The molecule has 5 heteroatoms. The molecular formula is C33H45FN2O2. The molecule has 1 aromatic heterocycles. The van der Waals surface area contributed by atoms with Crippen molar-refractivity contribution in [2.75, 3.05) is 13.2 Å². The third kappa shape index (κ3) is 10.4. The second-order valence-corrected chi connectivity index (χ2v) is 10.4. The van der Waals surface area contributed by atoms with E-state index in [0.29, 0.717) is 11.6 Å². The number of aromatic nitrogens is 2. The average Bonchev–Trinajstić information content (AvgIpc) is 2.95. The molecule has 0 saturated heterocycles. The Kier molecular flexibility index (Phi) is 13.1. The topological polar surface area (TPSA) is 44.2 Å². The summed E-state index contributed by atoms with van der Waals surface area (Å²) in [4.78, 5) is 9.11. The van der Waals surface area contributed by atoms with Gasteiger partial charge >= 0.3 is 0 Å². The minimum absolute atomic E-state index is 0.0527. The van der Waals surface area contributed by atoms with Crippen molar-refractivity contribution in [3.63, 3.8) is 0 Å². The van der Waals surface area contributed by atoms with Gasteiger partial charge in [0.1, 0.15) is 24.3 Å². The maximum atomic E-state index is 13.8. The molecule has 0 spiro atoms. The summed E-state index contributed by atoms with van der Waals surface area (Å²) in [6.45, 7) is 6.80. The Morgan fingerprint density at radius 1 is 0.632 bits per heavy atom. The van der Waals surface area contributed by atoms with Gasteiger partial charge in [0.15, 0.2) is 5.82 Å². The molecule has 1 heterocycles. The fourth-order valence-electron chi connectivity index (χ4n) is 4.22. The molecule has 3 rings (SSSR count). The predicted molar refractivity (Wildman–Crippen MR) is 155 cm³/mol.